The van der Waals surface area contributed by atoms with Gasteiger partial charge in [-0.25, -0.2) is 0 Å². The van der Waals surface area contributed by atoms with Crippen molar-refractivity contribution >= 4 is 11.1 Å². The predicted octanol–water partition coefficient (Wildman–Crippen LogP) is 3.32. The molecule has 8 heteroatoms. The Bertz CT molecular complexity index is 893. The summed E-state index contributed by atoms with van der Waals surface area (Å²) >= 11 is 0. The third-order valence-electron chi connectivity index (χ3n) is 4.67. The van der Waals surface area contributed by atoms with Crippen molar-refractivity contribution in [2.75, 3.05) is 54.9 Å². The molecule has 0 aliphatic carbocycles. The summed E-state index contributed by atoms with van der Waals surface area (Å²) in [7, 11) is 4.69. The van der Waals surface area contributed by atoms with Crippen molar-refractivity contribution in [1.29, 1.82) is 0 Å². The molecule has 0 saturated carbocycles. The van der Waals surface area contributed by atoms with Gasteiger partial charge in [0.15, 0.2) is 20.4 Å². The Morgan fingerprint density at radius 1 is 0.806 bits per heavy atom. The van der Waals surface area contributed by atoms with Gasteiger partial charge in [-0.2, -0.15) is 0 Å². The van der Waals surface area contributed by atoms with Crippen molar-refractivity contribution in [2.24, 2.45) is 0 Å². The largest absolute Gasteiger partial charge is 0.488 e. The maximum atomic E-state index is 9.73. The van der Waals surface area contributed by atoms with Crippen LogP contribution in [0.5, 0.6) is 23.0 Å². The van der Waals surface area contributed by atoms with Crippen LogP contribution in [0.25, 0.3) is 11.1 Å². The molecule has 3 rings (SSSR count). The number of methoxy groups -OCH3 is 3. The van der Waals surface area contributed by atoms with Crippen LogP contribution in [0.2, 0.25) is 0 Å². The average Bonchev–Trinajstić information content (AvgIpc) is 2.80. The Morgan fingerprint density at radius 3 is 2.06 bits per heavy atom. The van der Waals surface area contributed by atoms with Gasteiger partial charge in [-0.3, -0.25) is 0 Å². The second-order valence-corrected chi connectivity index (χ2v) is 6.69. The van der Waals surface area contributed by atoms with Crippen LogP contribution < -0.4 is 18.9 Å². The first-order valence-corrected chi connectivity index (χ1v) is 9.81. The highest BCUT2D eigenvalue weighted by Gasteiger charge is 2.24. The molecular formula is C23H28O8. The summed E-state index contributed by atoms with van der Waals surface area (Å²) in [4.78, 5) is 0. The number of ether oxygens (including phenoxy) is 7. The Balaban J connectivity index is 2.02. The summed E-state index contributed by atoms with van der Waals surface area (Å²) in [5.41, 5.74) is 3.65. The Morgan fingerprint density at radius 2 is 1.42 bits per heavy atom. The molecule has 0 fully saturated rings. The summed E-state index contributed by atoms with van der Waals surface area (Å²) in [6.45, 7) is 0.689. The van der Waals surface area contributed by atoms with E-state index in [1.54, 1.807) is 27.4 Å². The third-order valence-corrected chi connectivity index (χ3v) is 4.67. The first-order chi connectivity index (χ1) is 15.2. The number of fused-ring (bicyclic) bond motifs is 1. The highest BCUT2D eigenvalue weighted by atomic mass is 16.7. The van der Waals surface area contributed by atoms with Crippen LogP contribution in [0.4, 0.5) is 0 Å². The highest BCUT2D eigenvalue weighted by Crippen LogP contribution is 2.43. The first kappa shape index (κ1) is 22.9. The van der Waals surface area contributed by atoms with Crippen LogP contribution in [0.15, 0.2) is 36.4 Å². The van der Waals surface area contributed by atoms with Gasteiger partial charge in [-0.05, 0) is 36.3 Å². The zero-order chi connectivity index (χ0) is 22.1. The molecule has 0 aromatic heterocycles. The van der Waals surface area contributed by atoms with Gasteiger partial charge in [0, 0.05) is 56.8 Å². The van der Waals surface area contributed by atoms with Crippen molar-refractivity contribution in [3.8, 4) is 23.0 Å². The third kappa shape index (κ3) is 5.68. The number of aliphatic hydroxyl groups excluding tert-OH is 1. The lowest BCUT2D eigenvalue weighted by molar-refractivity contribution is 0.0459. The zero-order valence-corrected chi connectivity index (χ0v) is 18.0. The van der Waals surface area contributed by atoms with E-state index in [-0.39, 0.29) is 27.0 Å². The molecule has 0 amide bonds. The number of benzene rings is 2. The van der Waals surface area contributed by atoms with Gasteiger partial charge in [0.2, 0.25) is 0 Å². The van der Waals surface area contributed by atoms with Gasteiger partial charge in [-0.1, -0.05) is 0 Å². The van der Waals surface area contributed by atoms with Gasteiger partial charge in [0.1, 0.15) is 29.6 Å². The molecule has 1 N–H and O–H groups in total. The first-order valence-electron chi connectivity index (χ1n) is 9.81. The monoisotopic (exact) mass is 432 g/mol. The summed E-state index contributed by atoms with van der Waals surface area (Å²) < 4.78 is 37.9. The smallest absolute Gasteiger partial charge is 0.188 e. The molecule has 8 nitrogen and oxygen atoms in total. The molecule has 31 heavy (non-hydrogen) atoms. The Kier molecular flexibility index (Phi) is 8.54. The number of aliphatic hydroxyl groups is 1. The van der Waals surface area contributed by atoms with Gasteiger partial charge >= 0.3 is 0 Å². The van der Waals surface area contributed by atoms with Gasteiger partial charge in [0.25, 0.3) is 0 Å². The van der Waals surface area contributed by atoms with E-state index in [2.05, 4.69) is 0 Å². The molecule has 0 saturated heterocycles. The Hall–Kier alpha value is -2.78. The van der Waals surface area contributed by atoms with Crippen molar-refractivity contribution < 1.29 is 38.3 Å². The second-order valence-electron chi connectivity index (χ2n) is 6.69. The highest BCUT2D eigenvalue weighted by molar-refractivity contribution is 5.96. The molecule has 0 unspecified atom stereocenters. The maximum absolute atomic E-state index is 9.73. The number of hydrogen-bond acceptors (Lipinski definition) is 8. The van der Waals surface area contributed by atoms with E-state index in [0.717, 1.165) is 22.3 Å². The van der Waals surface area contributed by atoms with Crippen molar-refractivity contribution in [2.45, 2.75) is 6.42 Å². The molecule has 2 aromatic rings. The molecule has 1 aliphatic heterocycles. The summed E-state index contributed by atoms with van der Waals surface area (Å²) in [6, 6.07) is 11.1. The van der Waals surface area contributed by atoms with E-state index in [1.165, 1.54) is 0 Å². The minimum atomic E-state index is 0.00347. The second kappa shape index (κ2) is 11.6. The molecule has 1 heterocycles. The van der Waals surface area contributed by atoms with Crippen LogP contribution in [0, 0.1) is 0 Å². The average molecular weight is 432 g/mol. The van der Waals surface area contributed by atoms with Crippen LogP contribution in [-0.4, -0.2) is 60.0 Å². The number of hydrogen-bond donors (Lipinski definition) is 1. The molecule has 168 valence electrons. The van der Waals surface area contributed by atoms with E-state index >= 15 is 0 Å². The molecule has 0 bridgehead atoms. The lowest BCUT2D eigenvalue weighted by Crippen LogP contribution is -2.13. The fourth-order valence-corrected chi connectivity index (χ4v) is 3.34. The Labute approximate surface area is 181 Å². The lowest BCUT2D eigenvalue weighted by Gasteiger charge is -2.26. The SMILES string of the molecule is COCOc1ccc2c(c1)OCC(c1ccc(OCOC)cc1OCOC)=C2CCO. The molecular weight excluding hydrogens is 404 g/mol. The van der Waals surface area contributed by atoms with Gasteiger partial charge in [0.05, 0.1) is 0 Å². The fraction of sp³-hybridized carbons (Fsp3) is 0.391. The van der Waals surface area contributed by atoms with Gasteiger partial charge < -0.3 is 38.3 Å². The summed E-state index contributed by atoms with van der Waals surface area (Å²) in [5.74, 6) is 2.54. The minimum absolute atomic E-state index is 0.00347. The van der Waals surface area contributed by atoms with Crippen molar-refractivity contribution in [3.63, 3.8) is 0 Å². The van der Waals surface area contributed by atoms with Crippen LogP contribution in [0.3, 0.4) is 0 Å². The minimum Gasteiger partial charge on any atom is -0.488 e. The van der Waals surface area contributed by atoms with Crippen LogP contribution >= 0.6 is 0 Å². The van der Waals surface area contributed by atoms with E-state index in [1.807, 2.05) is 30.3 Å². The molecule has 2 aromatic carbocycles. The fourth-order valence-electron chi connectivity index (χ4n) is 3.34. The quantitative estimate of drug-likeness (QED) is 0.512. The predicted molar refractivity (Wildman–Crippen MR) is 114 cm³/mol. The zero-order valence-electron chi connectivity index (χ0n) is 18.0. The van der Waals surface area contributed by atoms with E-state index in [4.69, 9.17) is 33.2 Å². The normalized spacial score (nSPS) is 12.9. The molecule has 0 spiro atoms. The molecule has 0 atom stereocenters. The van der Waals surface area contributed by atoms with Crippen LogP contribution in [-0.2, 0) is 14.2 Å². The van der Waals surface area contributed by atoms with E-state index in [9.17, 15) is 5.11 Å². The van der Waals surface area contributed by atoms with Crippen LogP contribution in [0.1, 0.15) is 17.5 Å². The molecule has 1 aliphatic rings. The lowest BCUT2D eigenvalue weighted by atomic mass is 9.90. The van der Waals surface area contributed by atoms with Crippen molar-refractivity contribution in [3.05, 3.63) is 47.5 Å². The van der Waals surface area contributed by atoms with Gasteiger partial charge in [-0.15, -0.1) is 0 Å². The summed E-state index contributed by atoms with van der Waals surface area (Å²) in [5, 5.41) is 9.73. The number of rotatable bonds is 12. The standard InChI is InChI=1S/C23H28O8/c1-25-13-29-16-4-6-19-18(8-9-24)21(12-28-22(19)10-16)20-7-5-17(30-14-26-2)11-23(20)31-15-27-3/h4-7,10-11,24H,8-9,12-15H2,1-3H3. The summed E-state index contributed by atoms with van der Waals surface area (Å²) in [6.07, 6.45) is 0.468. The van der Waals surface area contributed by atoms with E-state index < -0.39 is 0 Å². The van der Waals surface area contributed by atoms with E-state index in [0.29, 0.717) is 36.0 Å². The molecule has 0 radical (unpaired) electrons. The maximum Gasteiger partial charge on any atom is 0.188 e. The topological polar surface area (TPSA) is 84.8 Å². The van der Waals surface area contributed by atoms with Crippen molar-refractivity contribution in [1.82, 2.24) is 0 Å².